The van der Waals surface area contributed by atoms with Gasteiger partial charge in [-0.05, 0) is 42.8 Å². The molecule has 0 unspecified atom stereocenters. The third-order valence-corrected chi connectivity index (χ3v) is 3.15. The SMILES string of the molecule is CC(=O)Nc1ccc(C)c(N)c1.COc1ccc(NC(C)=O)cc1N. The smallest absolute Gasteiger partial charge is 0.221 e. The molecule has 134 valence electrons. The van der Waals surface area contributed by atoms with E-state index in [2.05, 4.69) is 10.6 Å². The fraction of sp³-hybridized carbons (Fsp3) is 0.222. The molecule has 2 amide bonds. The summed E-state index contributed by atoms with van der Waals surface area (Å²) in [5, 5.41) is 5.28. The predicted molar refractivity (Wildman–Crippen MR) is 102 cm³/mol. The van der Waals surface area contributed by atoms with Crippen molar-refractivity contribution in [2.24, 2.45) is 0 Å². The van der Waals surface area contributed by atoms with Crippen LogP contribution >= 0.6 is 0 Å². The number of methoxy groups -OCH3 is 1. The van der Waals surface area contributed by atoms with Gasteiger partial charge in [0.05, 0.1) is 12.8 Å². The average molecular weight is 344 g/mol. The van der Waals surface area contributed by atoms with Gasteiger partial charge in [-0.1, -0.05) is 6.07 Å². The van der Waals surface area contributed by atoms with Gasteiger partial charge in [-0.15, -0.1) is 0 Å². The van der Waals surface area contributed by atoms with E-state index in [1.807, 2.05) is 19.1 Å². The molecule has 6 N–H and O–H groups in total. The maximum Gasteiger partial charge on any atom is 0.221 e. The van der Waals surface area contributed by atoms with Gasteiger partial charge in [0.15, 0.2) is 0 Å². The van der Waals surface area contributed by atoms with Gasteiger partial charge < -0.3 is 26.8 Å². The number of anilines is 4. The molecule has 0 heterocycles. The van der Waals surface area contributed by atoms with Crippen molar-refractivity contribution in [3.05, 3.63) is 42.0 Å². The molecule has 0 fully saturated rings. The maximum absolute atomic E-state index is 10.7. The number of rotatable bonds is 3. The molecule has 0 aromatic heterocycles. The van der Waals surface area contributed by atoms with Crippen LogP contribution in [0.15, 0.2) is 36.4 Å². The summed E-state index contributed by atoms with van der Waals surface area (Å²) in [5.41, 5.74) is 14.9. The number of amides is 2. The van der Waals surface area contributed by atoms with Crippen LogP contribution in [-0.2, 0) is 9.59 Å². The summed E-state index contributed by atoms with van der Waals surface area (Å²) in [4.78, 5) is 21.4. The molecule has 0 aliphatic rings. The summed E-state index contributed by atoms with van der Waals surface area (Å²) in [6.45, 7) is 4.84. The Labute approximate surface area is 147 Å². The number of carbonyl (C=O) groups is 2. The average Bonchev–Trinajstić information content (AvgIpc) is 2.51. The molecule has 2 aromatic rings. The second kappa shape index (κ2) is 9.17. The van der Waals surface area contributed by atoms with Crippen molar-refractivity contribution in [3.8, 4) is 5.75 Å². The third kappa shape index (κ3) is 6.82. The number of aryl methyl sites for hydroxylation is 1. The summed E-state index contributed by atoms with van der Waals surface area (Å²) < 4.78 is 4.97. The minimum Gasteiger partial charge on any atom is -0.495 e. The minimum atomic E-state index is -0.121. The zero-order valence-electron chi connectivity index (χ0n) is 14.8. The molecule has 0 atom stereocenters. The van der Waals surface area contributed by atoms with E-state index in [1.54, 1.807) is 31.4 Å². The first kappa shape index (κ1) is 19.8. The Hall–Kier alpha value is -3.22. The number of ether oxygens (including phenoxy) is 1. The maximum atomic E-state index is 10.7. The van der Waals surface area contributed by atoms with Crippen molar-refractivity contribution in [2.45, 2.75) is 20.8 Å². The zero-order valence-corrected chi connectivity index (χ0v) is 14.8. The van der Waals surface area contributed by atoms with E-state index >= 15 is 0 Å². The van der Waals surface area contributed by atoms with Crippen molar-refractivity contribution in [2.75, 3.05) is 29.2 Å². The van der Waals surface area contributed by atoms with E-state index in [9.17, 15) is 9.59 Å². The second-order valence-electron chi connectivity index (χ2n) is 5.39. The van der Waals surface area contributed by atoms with Gasteiger partial charge in [-0.3, -0.25) is 9.59 Å². The standard InChI is InChI=1S/C9H12N2O2.C9H12N2O/c1-6(12)11-7-3-4-9(13-2)8(10)5-7;1-6-3-4-8(5-9(6)10)11-7(2)12/h3-5H,10H2,1-2H3,(H,11,12);3-5H,10H2,1-2H3,(H,11,12). The normalized spacial score (nSPS) is 9.44. The molecule has 0 saturated heterocycles. The lowest BCUT2D eigenvalue weighted by Gasteiger charge is -2.06. The highest BCUT2D eigenvalue weighted by Crippen LogP contribution is 2.24. The highest BCUT2D eigenvalue weighted by molar-refractivity contribution is 5.90. The van der Waals surface area contributed by atoms with Crippen LogP contribution in [0.5, 0.6) is 5.75 Å². The van der Waals surface area contributed by atoms with Crippen LogP contribution in [0.25, 0.3) is 0 Å². The van der Waals surface area contributed by atoms with Crippen LogP contribution in [-0.4, -0.2) is 18.9 Å². The molecule has 0 aliphatic heterocycles. The number of hydrogen-bond donors (Lipinski definition) is 4. The molecule has 0 radical (unpaired) electrons. The zero-order chi connectivity index (χ0) is 19.0. The Morgan fingerprint density at radius 3 is 1.76 bits per heavy atom. The molecule has 0 saturated carbocycles. The van der Waals surface area contributed by atoms with Gasteiger partial charge in [0, 0.05) is 30.9 Å². The first-order valence-electron chi connectivity index (χ1n) is 7.57. The van der Waals surface area contributed by atoms with Crippen LogP contribution in [0.4, 0.5) is 22.7 Å². The van der Waals surface area contributed by atoms with E-state index < -0.39 is 0 Å². The molecular weight excluding hydrogens is 320 g/mol. The number of carbonyl (C=O) groups excluding carboxylic acids is 2. The number of benzene rings is 2. The molecule has 7 heteroatoms. The summed E-state index contributed by atoms with van der Waals surface area (Å²) in [5.74, 6) is 0.400. The fourth-order valence-electron chi connectivity index (χ4n) is 1.94. The number of nitrogens with two attached hydrogens (primary N) is 2. The van der Waals surface area contributed by atoms with Crippen molar-refractivity contribution >= 4 is 34.6 Å². The Bertz CT molecular complexity index is 760. The molecule has 7 nitrogen and oxygen atoms in total. The van der Waals surface area contributed by atoms with Crippen molar-refractivity contribution in [1.29, 1.82) is 0 Å². The molecule has 0 spiro atoms. The van der Waals surface area contributed by atoms with Crippen LogP contribution < -0.4 is 26.8 Å². The van der Waals surface area contributed by atoms with Crippen LogP contribution in [0, 0.1) is 6.92 Å². The van der Waals surface area contributed by atoms with Gasteiger partial charge in [-0.2, -0.15) is 0 Å². The minimum absolute atomic E-state index is 0.0850. The Balaban J connectivity index is 0.000000251. The van der Waals surface area contributed by atoms with E-state index in [0.717, 1.165) is 11.3 Å². The first-order chi connectivity index (χ1) is 11.7. The third-order valence-electron chi connectivity index (χ3n) is 3.15. The first-order valence-corrected chi connectivity index (χ1v) is 7.57. The number of nitrogen functional groups attached to an aromatic ring is 2. The van der Waals surface area contributed by atoms with Gasteiger partial charge in [0.1, 0.15) is 5.75 Å². The second-order valence-corrected chi connectivity index (χ2v) is 5.39. The van der Waals surface area contributed by atoms with Crippen molar-refractivity contribution in [1.82, 2.24) is 0 Å². The highest BCUT2D eigenvalue weighted by Gasteiger charge is 2.01. The van der Waals surface area contributed by atoms with E-state index in [-0.39, 0.29) is 11.8 Å². The van der Waals surface area contributed by atoms with E-state index in [4.69, 9.17) is 16.2 Å². The highest BCUT2D eigenvalue weighted by atomic mass is 16.5. The van der Waals surface area contributed by atoms with Crippen LogP contribution in [0.2, 0.25) is 0 Å². The van der Waals surface area contributed by atoms with E-state index in [0.29, 0.717) is 22.8 Å². The Morgan fingerprint density at radius 2 is 1.36 bits per heavy atom. The molecule has 2 aromatic carbocycles. The summed E-state index contributed by atoms with van der Waals surface area (Å²) >= 11 is 0. The monoisotopic (exact) mass is 344 g/mol. The van der Waals surface area contributed by atoms with Gasteiger partial charge >= 0.3 is 0 Å². The topological polar surface area (TPSA) is 119 Å². The number of hydrogen-bond acceptors (Lipinski definition) is 5. The quantitative estimate of drug-likeness (QED) is 0.638. The number of nitrogens with one attached hydrogen (secondary N) is 2. The largest absolute Gasteiger partial charge is 0.495 e. The van der Waals surface area contributed by atoms with Gasteiger partial charge in [0.2, 0.25) is 11.8 Å². The summed E-state index contributed by atoms with van der Waals surface area (Å²) in [6, 6.07) is 10.5. The fourth-order valence-corrected chi connectivity index (χ4v) is 1.94. The molecule has 0 aliphatic carbocycles. The van der Waals surface area contributed by atoms with Crippen LogP contribution in [0.3, 0.4) is 0 Å². The van der Waals surface area contributed by atoms with Crippen LogP contribution in [0.1, 0.15) is 19.4 Å². The molecular formula is C18H24N4O3. The lowest BCUT2D eigenvalue weighted by atomic mass is 10.2. The predicted octanol–water partition coefficient (Wildman–Crippen LogP) is 2.77. The summed E-state index contributed by atoms with van der Waals surface area (Å²) in [6.07, 6.45) is 0. The van der Waals surface area contributed by atoms with Crippen molar-refractivity contribution in [3.63, 3.8) is 0 Å². The van der Waals surface area contributed by atoms with Gasteiger partial charge in [-0.25, -0.2) is 0 Å². The molecule has 25 heavy (non-hydrogen) atoms. The van der Waals surface area contributed by atoms with Crippen molar-refractivity contribution < 1.29 is 14.3 Å². The van der Waals surface area contributed by atoms with Gasteiger partial charge in [0.25, 0.3) is 0 Å². The Morgan fingerprint density at radius 1 is 0.880 bits per heavy atom. The van der Waals surface area contributed by atoms with E-state index in [1.165, 1.54) is 13.8 Å². The molecule has 0 bridgehead atoms. The molecule has 2 rings (SSSR count). The lowest BCUT2D eigenvalue weighted by molar-refractivity contribution is -0.115. The Kier molecular flexibility index (Phi) is 7.27. The lowest BCUT2D eigenvalue weighted by Crippen LogP contribution is -2.06. The summed E-state index contributed by atoms with van der Waals surface area (Å²) in [7, 11) is 1.55.